The minimum Gasteiger partial charge on any atom is -0.306 e. The number of nitrogens with zero attached hydrogens (tertiary/aromatic N) is 5. The molecule has 9 heteroatoms. The van der Waals surface area contributed by atoms with E-state index in [-0.39, 0.29) is 11.2 Å². The van der Waals surface area contributed by atoms with Crippen molar-refractivity contribution in [1.29, 1.82) is 0 Å². The minimum absolute atomic E-state index is 0.165. The van der Waals surface area contributed by atoms with Crippen LogP contribution in [0.3, 0.4) is 0 Å². The Labute approximate surface area is 179 Å². The molecule has 3 heterocycles. The monoisotopic (exact) mass is 425 g/mol. The first kappa shape index (κ1) is 18.3. The Hall–Kier alpha value is -4.53. The van der Waals surface area contributed by atoms with Gasteiger partial charge in [-0.25, -0.2) is 18.5 Å². The third-order valence-electron chi connectivity index (χ3n) is 5.43. The first-order valence-electron chi connectivity index (χ1n) is 9.96. The third kappa shape index (κ3) is 2.83. The van der Waals surface area contributed by atoms with Gasteiger partial charge in [-0.2, -0.15) is 5.10 Å². The van der Waals surface area contributed by atoms with Gasteiger partial charge in [0.1, 0.15) is 5.52 Å². The van der Waals surface area contributed by atoms with Gasteiger partial charge in [-0.15, -0.1) is 5.10 Å². The first-order valence-corrected chi connectivity index (χ1v) is 9.96. The molecule has 6 aromatic rings. The van der Waals surface area contributed by atoms with Crippen molar-refractivity contribution < 1.29 is 4.39 Å². The van der Waals surface area contributed by atoms with Crippen LogP contribution < -0.4 is 5.69 Å². The lowest BCUT2D eigenvalue weighted by Crippen LogP contribution is -2.00. The molecule has 0 unspecified atom stereocenters. The lowest BCUT2D eigenvalue weighted by atomic mass is 10.1. The molecule has 8 nitrogen and oxygen atoms in total. The zero-order valence-electron chi connectivity index (χ0n) is 16.9. The van der Waals surface area contributed by atoms with E-state index in [0.717, 1.165) is 16.9 Å². The van der Waals surface area contributed by atoms with Crippen LogP contribution in [0.2, 0.25) is 0 Å². The molecular formula is C23H16FN7O. The van der Waals surface area contributed by atoms with Crippen molar-refractivity contribution in [1.82, 2.24) is 34.7 Å². The molecule has 0 radical (unpaired) electrons. The van der Waals surface area contributed by atoms with Crippen molar-refractivity contribution >= 4 is 22.1 Å². The highest BCUT2D eigenvalue weighted by molar-refractivity contribution is 5.84. The number of benzene rings is 3. The van der Waals surface area contributed by atoms with Gasteiger partial charge < -0.3 is 9.97 Å². The average Bonchev–Trinajstić information content (AvgIpc) is 3.50. The summed E-state index contributed by atoms with van der Waals surface area (Å²) in [6, 6.07) is 18.4. The number of H-pyrrole nitrogens is 2. The van der Waals surface area contributed by atoms with Crippen LogP contribution >= 0.6 is 0 Å². The molecule has 0 saturated heterocycles. The Morgan fingerprint density at radius 1 is 0.906 bits per heavy atom. The molecular weight excluding hydrogens is 409 g/mol. The summed E-state index contributed by atoms with van der Waals surface area (Å²) in [4.78, 5) is 17.0. The van der Waals surface area contributed by atoms with Crippen molar-refractivity contribution in [3.63, 3.8) is 0 Å². The smallest absolute Gasteiger partial charge is 0.306 e. The highest BCUT2D eigenvalue weighted by Crippen LogP contribution is 2.29. The summed E-state index contributed by atoms with van der Waals surface area (Å²) in [5.41, 5.74) is 5.72. The van der Waals surface area contributed by atoms with Gasteiger partial charge >= 0.3 is 5.69 Å². The molecule has 0 aliphatic heterocycles. The Kier molecular flexibility index (Phi) is 3.85. The molecule has 0 aliphatic rings. The summed E-state index contributed by atoms with van der Waals surface area (Å²) < 4.78 is 18.4. The Morgan fingerprint density at radius 2 is 1.75 bits per heavy atom. The maximum absolute atomic E-state index is 15.0. The number of nitrogens with one attached hydrogen (secondary N) is 2. The normalized spacial score (nSPS) is 11.6. The van der Waals surface area contributed by atoms with Gasteiger partial charge in [-0.1, -0.05) is 17.3 Å². The van der Waals surface area contributed by atoms with Gasteiger partial charge in [0.15, 0.2) is 5.82 Å². The van der Waals surface area contributed by atoms with Crippen LogP contribution in [0.5, 0.6) is 0 Å². The standard InChI is InChI=1S/C23H16FN7O/c1-13-3-2-4-15(9-13)30-20(7-8-25-30)14-10-17(24)22-21(11-14)31(29-28-22)16-5-6-18-19(12-16)27-23(32)26-18/h2-12H,1H3,(H2,26,27,32). The fraction of sp³-hybridized carbons (Fsp3) is 0.0435. The Balaban J connectivity index is 1.53. The van der Waals surface area contributed by atoms with Gasteiger partial charge in [0.2, 0.25) is 0 Å². The van der Waals surface area contributed by atoms with Crippen molar-refractivity contribution in [2.24, 2.45) is 0 Å². The van der Waals surface area contributed by atoms with Gasteiger partial charge in [0, 0.05) is 5.56 Å². The van der Waals surface area contributed by atoms with E-state index in [4.69, 9.17) is 0 Å². The molecule has 156 valence electrons. The molecule has 0 bridgehead atoms. The summed E-state index contributed by atoms with van der Waals surface area (Å²) in [7, 11) is 0. The zero-order chi connectivity index (χ0) is 21.8. The van der Waals surface area contributed by atoms with Crippen molar-refractivity contribution in [2.75, 3.05) is 0 Å². The summed E-state index contributed by atoms with van der Waals surface area (Å²) in [6.45, 7) is 2.01. The second-order valence-corrected chi connectivity index (χ2v) is 7.60. The summed E-state index contributed by atoms with van der Waals surface area (Å²) in [5, 5.41) is 12.6. The van der Waals surface area contributed by atoms with Crippen LogP contribution in [0, 0.1) is 12.7 Å². The molecule has 0 amide bonds. The van der Waals surface area contributed by atoms with E-state index in [1.807, 2.05) is 43.3 Å². The van der Waals surface area contributed by atoms with Crippen molar-refractivity contribution in [3.05, 3.63) is 88.7 Å². The minimum atomic E-state index is -0.475. The lowest BCUT2D eigenvalue weighted by molar-refractivity contribution is 0.636. The number of imidazole rings is 1. The van der Waals surface area contributed by atoms with Gasteiger partial charge in [0.25, 0.3) is 0 Å². The number of fused-ring (bicyclic) bond motifs is 2. The maximum atomic E-state index is 15.0. The summed E-state index contributed by atoms with van der Waals surface area (Å²) in [6.07, 6.45) is 1.69. The van der Waals surface area contributed by atoms with E-state index < -0.39 is 5.82 Å². The number of aromatic amines is 2. The van der Waals surface area contributed by atoms with E-state index in [0.29, 0.717) is 27.8 Å². The number of hydrogen-bond donors (Lipinski definition) is 2. The quantitative estimate of drug-likeness (QED) is 0.450. The predicted octanol–water partition coefficient (Wildman–Crippen LogP) is 3.89. The van der Waals surface area contributed by atoms with Crippen LogP contribution in [-0.4, -0.2) is 34.7 Å². The van der Waals surface area contributed by atoms with E-state index in [2.05, 4.69) is 25.4 Å². The molecule has 2 N–H and O–H groups in total. The number of aromatic nitrogens is 7. The third-order valence-corrected chi connectivity index (χ3v) is 5.43. The van der Waals surface area contributed by atoms with Crippen LogP contribution in [0.4, 0.5) is 4.39 Å². The molecule has 0 fully saturated rings. The van der Waals surface area contributed by atoms with Gasteiger partial charge in [-0.3, -0.25) is 0 Å². The number of rotatable bonds is 3. The summed E-state index contributed by atoms with van der Waals surface area (Å²) >= 11 is 0. The molecule has 32 heavy (non-hydrogen) atoms. The molecule has 0 spiro atoms. The largest absolute Gasteiger partial charge is 0.323 e. The van der Waals surface area contributed by atoms with Crippen LogP contribution in [0.15, 0.2) is 71.7 Å². The lowest BCUT2D eigenvalue weighted by Gasteiger charge is -2.09. The van der Waals surface area contributed by atoms with Crippen LogP contribution in [0.1, 0.15) is 5.56 Å². The average molecular weight is 425 g/mol. The second-order valence-electron chi connectivity index (χ2n) is 7.60. The highest BCUT2D eigenvalue weighted by atomic mass is 19.1. The molecule has 3 aromatic heterocycles. The first-order chi connectivity index (χ1) is 15.6. The van der Waals surface area contributed by atoms with Gasteiger partial charge in [-0.05, 0) is 61.0 Å². The molecule has 0 atom stereocenters. The SMILES string of the molecule is Cc1cccc(-n2nccc2-c2cc(F)c3nnn(-c4ccc5[nH]c(=O)[nH]c5c4)c3c2)c1. The highest BCUT2D eigenvalue weighted by Gasteiger charge is 2.16. The zero-order valence-corrected chi connectivity index (χ0v) is 16.9. The van der Waals surface area contributed by atoms with E-state index in [1.165, 1.54) is 6.07 Å². The number of hydrogen-bond acceptors (Lipinski definition) is 4. The number of aryl methyl sites for hydroxylation is 1. The van der Waals surface area contributed by atoms with E-state index in [1.54, 1.807) is 33.8 Å². The summed E-state index contributed by atoms with van der Waals surface area (Å²) in [5.74, 6) is -0.475. The fourth-order valence-corrected chi connectivity index (χ4v) is 3.96. The number of halogens is 1. The van der Waals surface area contributed by atoms with Crippen LogP contribution in [-0.2, 0) is 0 Å². The topological polar surface area (TPSA) is 97.2 Å². The fourth-order valence-electron chi connectivity index (χ4n) is 3.96. The van der Waals surface area contributed by atoms with Crippen molar-refractivity contribution in [3.8, 4) is 22.6 Å². The van der Waals surface area contributed by atoms with Crippen molar-refractivity contribution in [2.45, 2.75) is 6.92 Å². The Bertz CT molecular complexity index is 1690. The maximum Gasteiger partial charge on any atom is 0.323 e. The molecule has 3 aromatic carbocycles. The molecule has 0 aliphatic carbocycles. The van der Waals surface area contributed by atoms with E-state index in [9.17, 15) is 4.79 Å². The Morgan fingerprint density at radius 3 is 2.62 bits per heavy atom. The van der Waals surface area contributed by atoms with Gasteiger partial charge in [0.05, 0.1) is 39.8 Å². The van der Waals surface area contributed by atoms with E-state index >= 15 is 4.39 Å². The predicted molar refractivity (Wildman–Crippen MR) is 119 cm³/mol. The molecule has 0 saturated carbocycles. The second kappa shape index (κ2) is 6.74. The van der Waals surface area contributed by atoms with Crippen LogP contribution in [0.25, 0.3) is 44.7 Å². The molecule has 6 rings (SSSR count).